The maximum atomic E-state index is 13.3. The largest absolute Gasteiger partial charge is 0.207 e. The number of alkyl halides is 1. The lowest BCUT2D eigenvalue weighted by Crippen LogP contribution is -1.98. The topological polar surface area (TPSA) is 0 Å². The Balaban J connectivity index is 2.44. The SMILES string of the molecule is CCC(Cl)CCCc1ccc(Cl)cc1F. The monoisotopic (exact) mass is 248 g/mol. The van der Waals surface area contributed by atoms with E-state index in [1.807, 2.05) is 0 Å². The van der Waals surface area contributed by atoms with Gasteiger partial charge in [-0.3, -0.25) is 0 Å². The van der Waals surface area contributed by atoms with Gasteiger partial charge in [0, 0.05) is 10.4 Å². The Kier molecular flexibility index (Phi) is 5.41. The molecule has 0 spiro atoms. The zero-order chi connectivity index (χ0) is 11.3. The first-order chi connectivity index (χ1) is 7.13. The summed E-state index contributed by atoms with van der Waals surface area (Å²) in [5, 5.41) is 0.653. The van der Waals surface area contributed by atoms with Gasteiger partial charge in [0.1, 0.15) is 5.82 Å². The zero-order valence-corrected chi connectivity index (χ0v) is 10.3. The first kappa shape index (κ1) is 12.8. The third kappa shape index (κ3) is 4.40. The molecule has 1 rings (SSSR count). The molecule has 1 unspecified atom stereocenters. The molecule has 0 nitrogen and oxygen atoms in total. The quantitative estimate of drug-likeness (QED) is 0.656. The molecule has 0 radical (unpaired) electrons. The van der Waals surface area contributed by atoms with Crippen molar-refractivity contribution in [1.82, 2.24) is 0 Å². The molecule has 0 saturated carbocycles. The highest BCUT2D eigenvalue weighted by Crippen LogP contribution is 2.18. The standard InChI is InChI=1S/C12H15Cl2F/c1-2-10(13)5-3-4-9-6-7-11(14)8-12(9)15/h6-8,10H,2-5H2,1H3. The number of rotatable bonds is 5. The van der Waals surface area contributed by atoms with Crippen LogP contribution in [0.3, 0.4) is 0 Å². The van der Waals surface area contributed by atoms with E-state index in [0.29, 0.717) is 5.02 Å². The molecule has 1 aromatic rings. The molecule has 0 amide bonds. The highest BCUT2D eigenvalue weighted by molar-refractivity contribution is 6.30. The highest BCUT2D eigenvalue weighted by Gasteiger charge is 2.05. The number of aryl methyl sites for hydroxylation is 1. The van der Waals surface area contributed by atoms with E-state index in [1.165, 1.54) is 6.07 Å². The summed E-state index contributed by atoms with van der Waals surface area (Å²) in [6.45, 7) is 2.06. The molecule has 0 aliphatic rings. The van der Waals surface area contributed by atoms with Crippen molar-refractivity contribution < 1.29 is 4.39 Å². The second-order valence-electron chi connectivity index (χ2n) is 3.63. The molecule has 1 atom stereocenters. The van der Waals surface area contributed by atoms with Crippen LogP contribution in [0.4, 0.5) is 4.39 Å². The second-order valence-corrected chi connectivity index (χ2v) is 4.69. The summed E-state index contributed by atoms with van der Waals surface area (Å²) in [5.41, 5.74) is 0.722. The van der Waals surface area contributed by atoms with Gasteiger partial charge in [0.15, 0.2) is 0 Å². The van der Waals surface area contributed by atoms with E-state index >= 15 is 0 Å². The Hall–Kier alpha value is -0.270. The van der Waals surface area contributed by atoms with Crippen molar-refractivity contribution in [3.8, 4) is 0 Å². The summed E-state index contributed by atoms with van der Waals surface area (Å²) in [6, 6.07) is 4.82. The third-order valence-electron chi connectivity index (χ3n) is 2.42. The van der Waals surface area contributed by atoms with Crippen molar-refractivity contribution in [3.63, 3.8) is 0 Å². The number of hydrogen-bond donors (Lipinski definition) is 0. The van der Waals surface area contributed by atoms with Crippen LogP contribution in [0.2, 0.25) is 5.02 Å². The Morgan fingerprint density at radius 3 is 2.73 bits per heavy atom. The maximum Gasteiger partial charge on any atom is 0.127 e. The second kappa shape index (κ2) is 6.34. The van der Waals surface area contributed by atoms with Gasteiger partial charge in [-0.1, -0.05) is 24.6 Å². The van der Waals surface area contributed by atoms with Crippen LogP contribution in [0, 0.1) is 5.82 Å². The molecule has 3 heteroatoms. The number of benzene rings is 1. The van der Waals surface area contributed by atoms with E-state index in [2.05, 4.69) is 6.92 Å². The molecular weight excluding hydrogens is 234 g/mol. The molecule has 1 aromatic carbocycles. The van der Waals surface area contributed by atoms with E-state index in [1.54, 1.807) is 12.1 Å². The molecule has 0 saturated heterocycles. The average molecular weight is 249 g/mol. The summed E-state index contributed by atoms with van der Waals surface area (Å²) < 4.78 is 13.3. The first-order valence-electron chi connectivity index (χ1n) is 5.21. The summed E-state index contributed by atoms with van der Waals surface area (Å²) in [6.07, 6.45) is 3.54. The fourth-order valence-electron chi connectivity index (χ4n) is 1.44. The van der Waals surface area contributed by atoms with Crippen LogP contribution in [0.5, 0.6) is 0 Å². The van der Waals surface area contributed by atoms with E-state index < -0.39 is 0 Å². The van der Waals surface area contributed by atoms with E-state index in [4.69, 9.17) is 23.2 Å². The Morgan fingerprint density at radius 2 is 2.13 bits per heavy atom. The van der Waals surface area contributed by atoms with Crippen LogP contribution >= 0.6 is 23.2 Å². The predicted molar refractivity (Wildman–Crippen MR) is 64.3 cm³/mol. The molecular formula is C12H15Cl2F. The van der Waals surface area contributed by atoms with Gasteiger partial charge in [0.25, 0.3) is 0 Å². The maximum absolute atomic E-state index is 13.3. The highest BCUT2D eigenvalue weighted by atomic mass is 35.5. The fourth-order valence-corrected chi connectivity index (χ4v) is 1.76. The minimum absolute atomic E-state index is 0.209. The van der Waals surface area contributed by atoms with Crippen LogP contribution in [0.15, 0.2) is 18.2 Å². The van der Waals surface area contributed by atoms with Crippen molar-refractivity contribution in [2.45, 2.75) is 38.0 Å². The lowest BCUT2D eigenvalue weighted by Gasteiger charge is -2.06. The molecule has 0 aromatic heterocycles. The van der Waals surface area contributed by atoms with Crippen LogP contribution in [-0.2, 0) is 6.42 Å². The van der Waals surface area contributed by atoms with Crippen LogP contribution < -0.4 is 0 Å². The predicted octanol–water partition coefficient (Wildman–Crippen LogP) is 4.82. The summed E-state index contributed by atoms with van der Waals surface area (Å²) in [5.74, 6) is -0.217. The van der Waals surface area contributed by atoms with Crippen molar-refractivity contribution in [2.75, 3.05) is 0 Å². The fraction of sp³-hybridized carbons (Fsp3) is 0.500. The van der Waals surface area contributed by atoms with Gasteiger partial charge in [-0.2, -0.15) is 0 Å². The van der Waals surface area contributed by atoms with E-state index in [9.17, 15) is 4.39 Å². The summed E-state index contributed by atoms with van der Waals surface area (Å²) in [4.78, 5) is 0. The summed E-state index contributed by atoms with van der Waals surface area (Å²) in [7, 11) is 0. The molecule has 0 bridgehead atoms. The first-order valence-corrected chi connectivity index (χ1v) is 6.03. The van der Waals surface area contributed by atoms with Gasteiger partial charge in [0.05, 0.1) is 0 Å². The van der Waals surface area contributed by atoms with Gasteiger partial charge in [0.2, 0.25) is 0 Å². The van der Waals surface area contributed by atoms with Crippen molar-refractivity contribution in [2.24, 2.45) is 0 Å². The Morgan fingerprint density at radius 1 is 1.40 bits per heavy atom. The summed E-state index contributed by atoms with van der Waals surface area (Å²) >= 11 is 11.6. The average Bonchev–Trinajstić information content (AvgIpc) is 2.21. The molecule has 0 N–H and O–H groups in total. The third-order valence-corrected chi connectivity index (χ3v) is 3.18. The Bertz CT molecular complexity index is 312. The van der Waals surface area contributed by atoms with Gasteiger partial charge < -0.3 is 0 Å². The van der Waals surface area contributed by atoms with Gasteiger partial charge in [-0.15, -0.1) is 11.6 Å². The molecule has 15 heavy (non-hydrogen) atoms. The number of halogens is 3. The van der Waals surface area contributed by atoms with Crippen molar-refractivity contribution in [1.29, 1.82) is 0 Å². The zero-order valence-electron chi connectivity index (χ0n) is 8.77. The molecule has 0 aliphatic heterocycles. The lowest BCUT2D eigenvalue weighted by atomic mass is 10.1. The molecule has 0 fully saturated rings. The normalized spacial score (nSPS) is 12.8. The minimum atomic E-state index is -0.217. The number of hydrogen-bond acceptors (Lipinski definition) is 0. The Labute approximate surface area is 100 Å². The van der Waals surface area contributed by atoms with Crippen LogP contribution in [0.1, 0.15) is 31.7 Å². The van der Waals surface area contributed by atoms with Gasteiger partial charge in [-0.25, -0.2) is 4.39 Å². The minimum Gasteiger partial charge on any atom is -0.207 e. The molecule has 84 valence electrons. The van der Waals surface area contributed by atoms with Crippen LogP contribution in [0.25, 0.3) is 0 Å². The van der Waals surface area contributed by atoms with E-state index in [-0.39, 0.29) is 11.2 Å². The smallest absolute Gasteiger partial charge is 0.127 e. The van der Waals surface area contributed by atoms with Crippen molar-refractivity contribution >= 4 is 23.2 Å². The van der Waals surface area contributed by atoms with Crippen molar-refractivity contribution in [3.05, 3.63) is 34.6 Å². The van der Waals surface area contributed by atoms with Gasteiger partial charge in [-0.05, 0) is 43.4 Å². The lowest BCUT2D eigenvalue weighted by molar-refractivity contribution is 0.595. The molecule has 0 heterocycles. The van der Waals surface area contributed by atoms with Gasteiger partial charge >= 0.3 is 0 Å². The van der Waals surface area contributed by atoms with E-state index in [0.717, 1.165) is 31.2 Å². The molecule has 0 aliphatic carbocycles. The van der Waals surface area contributed by atoms with Crippen LogP contribution in [-0.4, -0.2) is 5.38 Å².